The molecule has 0 amide bonds. The van der Waals surface area contributed by atoms with E-state index in [1.54, 1.807) is 18.2 Å². The van der Waals surface area contributed by atoms with Gasteiger partial charge in [0.1, 0.15) is 11.3 Å². The molecule has 0 unspecified atom stereocenters. The molecule has 0 bridgehead atoms. The van der Waals surface area contributed by atoms with Crippen molar-refractivity contribution in [3.8, 4) is 45.6 Å². The minimum Gasteiger partial charge on any atom is -0.506 e. The van der Waals surface area contributed by atoms with Crippen molar-refractivity contribution in [2.24, 2.45) is 0 Å². The first-order valence-electron chi connectivity index (χ1n) is 12.4. The van der Waals surface area contributed by atoms with Crippen molar-refractivity contribution < 1.29 is 47.9 Å². The number of carbonyl (C=O) groups is 2. The molecule has 0 aromatic heterocycles. The Balaban J connectivity index is 2.61. The van der Waals surface area contributed by atoms with E-state index in [9.17, 15) is 14.7 Å². The van der Waals surface area contributed by atoms with Crippen molar-refractivity contribution in [2.75, 3.05) is 48.8 Å². The Bertz CT molecular complexity index is 1360. The lowest BCUT2D eigenvalue weighted by molar-refractivity contribution is 0.0553. The third-order valence-electron chi connectivity index (χ3n) is 6.01. The Labute approximate surface area is 227 Å². The number of hydrogen-bond donors (Lipinski definition) is 1. The van der Waals surface area contributed by atoms with Gasteiger partial charge in [-0.15, -0.1) is 0 Å². The van der Waals surface area contributed by atoms with Crippen molar-refractivity contribution >= 4 is 22.7 Å². The van der Waals surface area contributed by atoms with Crippen molar-refractivity contribution in [1.29, 1.82) is 0 Å². The number of methoxy groups -OCH3 is 5. The summed E-state index contributed by atoms with van der Waals surface area (Å²) in [6, 6.07) is 6.65. The number of ether oxygens (including phenoxy) is 7. The Hall–Kier alpha value is -4.34. The largest absolute Gasteiger partial charge is 0.506 e. The number of benzene rings is 3. The van der Waals surface area contributed by atoms with Crippen molar-refractivity contribution in [1.82, 2.24) is 0 Å². The highest BCUT2D eigenvalue weighted by Gasteiger charge is 2.34. The van der Waals surface area contributed by atoms with Gasteiger partial charge in [0.2, 0.25) is 5.75 Å². The summed E-state index contributed by atoms with van der Waals surface area (Å²) < 4.78 is 38.7. The molecule has 0 aliphatic rings. The van der Waals surface area contributed by atoms with Gasteiger partial charge in [-0.3, -0.25) is 0 Å². The number of rotatable bonds is 12. The maximum absolute atomic E-state index is 13.3. The molecule has 39 heavy (non-hydrogen) atoms. The minimum absolute atomic E-state index is 0.162. The zero-order valence-electron chi connectivity index (χ0n) is 23.3. The molecule has 0 aliphatic carbocycles. The molecule has 3 aromatic rings. The van der Waals surface area contributed by atoms with Crippen LogP contribution in [-0.2, 0) is 9.47 Å². The summed E-state index contributed by atoms with van der Waals surface area (Å²) in [5.74, 6) is -0.723. The highest BCUT2D eigenvalue weighted by atomic mass is 16.5. The van der Waals surface area contributed by atoms with Gasteiger partial charge in [0.15, 0.2) is 23.0 Å². The van der Waals surface area contributed by atoms with Gasteiger partial charge in [0, 0.05) is 16.3 Å². The second kappa shape index (κ2) is 12.9. The fraction of sp³-hybridized carbons (Fsp3) is 0.379. The van der Waals surface area contributed by atoms with Gasteiger partial charge in [-0.2, -0.15) is 0 Å². The van der Waals surface area contributed by atoms with E-state index >= 15 is 0 Å². The van der Waals surface area contributed by atoms with Crippen LogP contribution < -0.4 is 23.7 Å². The zero-order valence-corrected chi connectivity index (χ0v) is 23.3. The van der Waals surface area contributed by atoms with Gasteiger partial charge in [0.05, 0.1) is 54.3 Å². The third kappa shape index (κ3) is 5.45. The van der Waals surface area contributed by atoms with Crippen LogP contribution in [0.1, 0.15) is 47.4 Å². The van der Waals surface area contributed by atoms with Crippen molar-refractivity contribution in [3.63, 3.8) is 0 Å². The van der Waals surface area contributed by atoms with Gasteiger partial charge in [-0.25, -0.2) is 9.59 Å². The quantitative estimate of drug-likeness (QED) is 0.298. The summed E-state index contributed by atoms with van der Waals surface area (Å²) >= 11 is 0. The first kappa shape index (κ1) is 29.2. The average molecular weight is 543 g/mol. The van der Waals surface area contributed by atoms with E-state index in [4.69, 9.17) is 33.2 Å². The lowest BCUT2D eigenvalue weighted by atomic mass is 9.87. The molecule has 0 saturated heterocycles. The highest BCUT2D eigenvalue weighted by Crippen LogP contribution is 2.52. The summed E-state index contributed by atoms with van der Waals surface area (Å²) in [4.78, 5) is 26.3. The molecule has 10 nitrogen and oxygen atoms in total. The van der Waals surface area contributed by atoms with E-state index in [0.717, 1.165) is 20.0 Å². The molecule has 0 saturated carbocycles. The van der Waals surface area contributed by atoms with Gasteiger partial charge >= 0.3 is 11.9 Å². The van der Waals surface area contributed by atoms with Crippen LogP contribution in [0.4, 0.5) is 0 Å². The predicted octanol–water partition coefficient (Wildman–Crippen LogP) is 5.39. The monoisotopic (exact) mass is 542 g/mol. The van der Waals surface area contributed by atoms with Gasteiger partial charge in [-0.05, 0) is 36.6 Å². The van der Waals surface area contributed by atoms with Gasteiger partial charge in [0.25, 0.3) is 0 Å². The van der Waals surface area contributed by atoms with Gasteiger partial charge < -0.3 is 38.3 Å². The van der Waals surface area contributed by atoms with Crippen LogP contribution in [0.15, 0.2) is 24.3 Å². The summed E-state index contributed by atoms with van der Waals surface area (Å²) in [5, 5.41) is 11.8. The summed E-state index contributed by atoms with van der Waals surface area (Å²) in [6.45, 7) is 4.88. The number of aromatic hydroxyl groups is 1. The van der Waals surface area contributed by atoms with Gasteiger partial charge in [-0.1, -0.05) is 19.9 Å². The highest BCUT2D eigenvalue weighted by molar-refractivity contribution is 6.20. The second-order valence-corrected chi connectivity index (χ2v) is 8.38. The van der Waals surface area contributed by atoms with Crippen LogP contribution in [0.5, 0.6) is 34.5 Å². The Morgan fingerprint density at radius 2 is 1.31 bits per heavy atom. The fourth-order valence-electron chi connectivity index (χ4n) is 4.31. The van der Waals surface area contributed by atoms with Crippen LogP contribution in [-0.4, -0.2) is 65.8 Å². The first-order chi connectivity index (χ1) is 18.8. The standard InChI is InChI=1S/C29H34O10/c1-8-12-38-18-11-10-16(14-19(18)39-13-9-2)21-22-17(15-20(33-3)26(34-4)27(22)35-5)25(30)24(29(32)37-7)23(21)28(31)36-6/h10-11,14-15,30H,8-9,12-13H2,1-7H3. The summed E-state index contributed by atoms with van der Waals surface area (Å²) in [7, 11) is 6.61. The van der Waals surface area contributed by atoms with Crippen LogP contribution in [0.2, 0.25) is 0 Å². The number of phenols is 1. The molecular formula is C29H34O10. The van der Waals surface area contributed by atoms with E-state index in [1.165, 1.54) is 34.5 Å². The second-order valence-electron chi connectivity index (χ2n) is 8.38. The molecular weight excluding hydrogens is 508 g/mol. The third-order valence-corrected chi connectivity index (χ3v) is 6.01. The maximum Gasteiger partial charge on any atom is 0.342 e. The number of hydrogen-bond acceptors (Lipinski definition) is 10. The summed E-state index contributed by atoms with van der Waals surface area (Å²) in [5.41, 5.74) is 0.106. The van der Waals surface area contributed by atoms with Crippen molar-refractivity contribution in [2.45, 2.75) is 26.7 Å². The molecule has 210 valence electrons. The van der Waals surface area contributed by atoms with E-state index in [1.807, 2.05) is 13.8 Å². The molecule has 0 radical (unpaired) electrons. The zero-order chi connectivity index (χ0) is 28.7. The molecule has 0 aliphatic heterocycles. The lowest BCUT2D eigenvalue weighted by Gasteiger charge is -2.22. The number of esters is 2. The molecule has 10 heteroatoms. The molecule has 0 heterocycles. The molecule has 0 atom stereocenters. The molecule has 1 N–H and O–H groups in total. The first-order valence-corrected chi connectivity index (χ1v) is 12.4. The van der Waals surface area contributed by atoms with Crippen LogP contribution in [0.3, 0.4) is 0 Å². The maximum atomic E-state index is 13.3. The van der Waals surface area contributed by atoms with E-state index in [2.05, 4.69) is 0 Å². The molecule has 0 spiro atoms. The predicted molar refractivity (Wildman–Crippen MR) is 145 cm³/mol. The van der Waals surface area contributed by atoms with Crippen LogP contribution in [0, 0.1) is 0 Å². The Morgan fingerprint density at radius 3 is 1.85 bits per heavy atom. The van der Waals surface area contributed by atoms with Crippen molar-refractivity contribution in [3.05, 3.63) is 35.4 Å². The number of carbonyl (C=O) groups excluding carboxylic acids is 2. The Kier molecular flexibility index (Phi) is 9.70. The fourth-order valence-corrected chi connectivity index (χ4v) is 4.31. The van der Waals surface area contributed by atoms with Crippen LogP contribution in [0.25, 0.3) is 21.9 Å². The van der Waals surface area contributed by atoms with E-state index in [-0.39, 0.29) is 44.7 Å². The smallest absolute Gasteiger partial charge is 0.342 e. The molecule has 3 rings (SSSR count). The number of fused-ring (bicyclic) bond motifs is 1. The van der Waals surface area contributed by atoms with E-state index in [0.29, 0.717) is 30.3 Å². The average Bonchev–Trinajstić information content (AvgIpc) is 2.97. The van der Waals surface area contributed by atoms with Crippen LogP contribution >= 0.6 is 0 Å². The molecule has 3 aromatic carbocycles. The topological polar surface area (TPSA) is 119 Å². The minimum atomic E-state index is -0.935. The van der Waals surface area contributed by atoms with E-state index < -0.39 is 17.7 Å². The SMILES string of the molecule is CCCOc1ccc(-c2c(C(=O)OC)c(C(=O)OC)c(O)c3cc(OC)c(OC)c(OC)c23)cc1OCCC. The molecule has 0 fully saturated rings. The Morgan fingerprint density at radius 1 is 0.718 bits per heavy atom. The lowest BCUT2D eigenvalue weighted by Crippen LogP contribution is -2.15. The number of phenolic OH excluding ortho intramolecular Hbond substituents is 1. The summed E-state index contributed by atoms with van der Waals surface area (Å²) in [6.07, 6.45) is 1.55. The normalized spacial score (nSPS) is 10.6.